The summed E-state index contributed by atoms with van der Waals surface area (Å²) in [6, 6.07) is 10.4. The number of ether oxygens (including phenoxy) is 1. The van der Waals surface area contributed by atoms with Crippen molar-refractivity contribution in [1.29, 1.82) is 0 Å². The molecule has 1 N–H and O–H groups in total. The van der Waals surface area contributed by atoms with Gasteiger partial charge in [0, 0.05) is 6.54 Å². The van der Waals surface area contributed by atoms with Gasteiger partial charge in [-0.25, -0.2) is 0 Å². The SMILES string of the molecule is CC1(C)OC2(CCNCC2)C(C(C)(C)C)N(Cc2ccccc2)C1=O. The molecule has 1 aromatic carbocycles. The van der Waals surface area contributed by atoms with Crippen molar-refractivity contribution in [2.75, 3.05) is 13.1 Å². The quantitative estimate of drug-likeness (QED) is 0.894. The van der Waals surface area contributed by atoms with Crippen LogP contribution in [0.15, 0.2) is 30.3 Å². The molecule has 1 aromatic rings. The van der Waals surface area contributed by atoms with E-state index in [4.69, 9.17) is 4.74 Å². The highest BCUT2D eigenvalue weighted by molar-refractivity contribution is 5.86. The molecule has 4 nitrogen and oxygen atoms in total. The van der Waals surface area contributed by atoms with Gasteiger partial charge < -0.3 is 15.0 Å². The molecule has 2 aliphatic rings. The average molecular weight is 344 g/mol. The van der Waals surface area contributed by atoms with Crippen LogP contribution in [0, 0.1) is 5.41 Å². The number of morpholine rings is 1. The van der Waals surface area contributed by atoms with Crippen molar-refractivity contribution < 1.29 is 9.53 Å². The van der Waals surface area contributed by atoms with E-state index in [9.17, 15) is 4.79 Å². The van der Waals surface area contributed by atoms with Gasteiger partial charge in [0.05, 0.1) is 11.6 Å². The Labute approximate surface area is 151 Å². The molecule has 3 rings (SSSR count). The lowest BCUT2D eigenvalue weighted by atomic mass is 9.69. The molecule has 1 spiro atoms. The molecule has 2 saturated heterocycles. The van der Waals surface area contributed by atoms with Gasteiger partial charge in [-0.15, -0.1) is 0 Å². The summed E-state index contributed by atoms with van der Waals surface area (Å²) < 4.78 is 6.59. The van der Waals surface area contributed by atoms with E-state index in [1.54, 1.807) is 0 Å². The minimum absolute atomic E-state index is 0.0573. The van der Waals surface area contributed by atoms with Crippen LogP contribution in [0.4, 0.5) is 0 Å². The van der Waals surface area contributed by atoms with Crippen LogP contribution in [0.5, 0.6) is 0 Å². The average Bonchev–Trinajstić information content (AvgIpc) is 2.52. The highest BCUT2D eigenvalue weighted by Crippen LogP contribution is 2.47. The van der Waals surface area contributed by atoms with E-state index in [1.807, 2.05) is 32.0 Å². The number of piperidine rings is 1. The molecular formula is C21H32N2O2. The van der Waals surface area contributed by atoms with Crippen molar-refractivity contribution >= 4 is 5.91 Å². The van der Waals surface area contributed by atoms with Crippen molar-refractivity contribution in [2.24, 2.45) is 5.41 Å². The Morgan fingerprint density at radius 1 is 1.16 bits per heavy atom. The normalized spacial score (nSPS) is 26.0. The number of hydrogen-bond acceptors (Lipinski definition) is 3. The molecule has 2 aliphatic heterocycles. The van der Waals surface area contributed by atoms with Crippen LogP contribution in [0.1, 0.15) is 53.0 Å². The smallest absolute Gasteiger partial charge is 0.254 e. The van der Waals surface area contributed by atoms with Gasteiger partial charge in [-0.3, -0.25) is 4.79 Å². The van der Waals surface area contributed by atoms with Crippen LogP contribution < -0.4 is 5.32 Å². The van der Waals surface area contributed by atoms with Crippen molar-refractivity contribution in [2.45, 2.75) is 71.2 Å². The van der Waals surface area contributed by atoms with Gasteiger partial charge in [-0.1, -0.05) is 51.1 Å². The standard InChI is InChI=1S/C21H32N2O2/c1-19(2,3)17-21(11-13-22-14-12-21)25-20(4,5)18(24)23(17)15-16-9-7-6-8-10-16/h6-10,17,22H,11-15H2,1-5H3. The van der Waals surface area contributed by atoms with E-state index in [0.717, 1.165) is 25.9 Å². The molecule has 0 saturated carbocycles. The molecular weight excluding hydrogens is 312 g/mol. The minimum atomic E-state index is -0.784. The lowest BCUT2D eigenvalue weighted by Crippen LogP contribution is -2.72. The van der Waals surface area contributed by atoms with Gasteiger partial charge in [-0.2, -0.15) is 0 Å². The molecule has 1 amide bonds. The van der Waals surface area contributed by atoms with Crippen molar-refractivity contribution in [3.05, 3.63) is 35.9 Å². The molecule has 4 heteroatoms. The lowest BCUT2D eigenvalue weighted by Gasteiger charge is -2.60. The first-order chi connectivity index (χ1) is 11.7. The van der Waals surface area contributed by atoms with Gasteiger partial charge in [-0.05, 0) is 50.8 Å². The Hall–Kier alpha value is -1.39. The number of nitrogens with one attached hydrogen (secondary N) is 1. The van der Waals surface area contributed by atoms with Gasteiger partial charge in [0.1, 0.15) is 5.60 Å². The molecule has 0 aromatic heterocycles. The van der Waals surface area contributed by atoms with E-state index in [2.05, 4.69) is 43.1 Å². The first-order valence-corrected chi connectivity index (χ1v) is 9.42. The Bertz CT molecular complexity index is 613. The van der Waals surface area contributed by atoms with Crippen molar-refractivity contribution in [3.8, 4) is 0 Å². The fourth-order valence-electron chi connectivity index (χ4n) is 4.78. The molecule has 138 valence electrons. The topological polar surface area (TPSA) is 41.6 Å². The number of hydrogen-bond donors (Lipinski definition) is 1. The first-order valence-electron chi connectivity index (χ1n) is 9.42. The predicted octanol–water partition coefficient (Wildman–Crippen LogP) is 3.36. The molecule has 0 bridgehead atoms. The van der Waals surface area contributed by atoms with Crippen LogP contribution in [0.25, 0.3) is 0 Å². The summed E-state index contributed by atoms with van der Waals surface area (Å²) in [5.41, 5.74) is 0.0499. The molecule has 0 radical (unpaired) electrons. The first kappa shape index (κ1) is 18.4. The van der Waals surface area contributed by atoms with Crippen LogP contribution in [0.2, 0.25) is 0 Å². The fraction of sp³-hybridized carbons (Fsp3) is 0.667. The van der Waals surface area contributed by atoms with E-state index in [1.165, 1.54) is 5.56 Å². The lowest BCUT2D eigenvalue weighted by molar-refractivity contribution is -0.245. The van der Waals surface area contributed by atoms with Crippen LogP contribution in [0.3, 0.4) is 0 Å². The van der Waals surface area contributed by atoms with E-state index in [-0.39, 0.29) is 23.0 Å². The number of rotatable bonds is 2. The van der Waals surface area contributed by atoms with E-state index >= 15 is 0 Å². The van der Waals surface area contributed by atoms with Crippen LogP contribution in [-0.2, 0) is 16.1 Å². The molecule has 2 fully saturated rings. The summed E-state index contributed by atoms with van der Waals surface area (Å²) >= 11 is 0. The second-order valence-corrected chi connectivity index (χ2v) is 9.11. The highest BCUT2D eigenvalue weighted by atomic mass is 16.5. The zero-order chi connectivity index (χ0) is 18.3. The summed E-state index contributed by atoms with van der Waals surface area (Å²) in [7, 11) is 0. The Morgan fingerprint density at radius 3 is 2.32 bits per heavy atom. The largest absolute Gasteiger partial charge is 0.357 e. The number of benzene rings is 1. The highest BCUT2D eigenvalue weighted by Gasteiger charge is 2.59. The number of amides is 1. The summed E-state index contributed by atoms with van der Waals surface area (Å²) in [4.78, 5) is 15.4. The number of carbonyl (C=O) groups is 1. The van der Waals surface area contributed by atoms with Gasteiger partial charge in [0.15, 0.2) is 0 Å². The van der Waals surface area contributed by atoms with Crippen molar-refractivity contribution in [1.82, 2.24) is 10.2 Å². The van der Waals surface area contributed by atoms with Crippen LogP contribution >= 0.6 is 0 Å². The molecule has 25 heavy (non-hydrogen) atoms. The molecule has 2 heterocycles. The fourth-order valence-corrected chi connectivity index (χ4v) is 4.78. The predicted molar refractivity (Wildman–Crippen MR) is 100 cm³/mol. The second kappa shape index (κ2) is 6.40. The number of carbonyl (C=O) groups excluding carboxylic acids is 1. The maximum Gasteiger partial charge on any atom is 0.254 e. The monoisotopic (exact) mass is 344 g/mol. The minimum Gasteiger partial charge on any atom is -0.357 e. The van der Waals surface area contributed by atoms with Crippen LogP contribution in [-0.4, -0.2) is 41.1 Å². The van der Waals surface area contributed by atoms with Gasteiger partial charge in [0.2, 0.25) is 0 Å². The summed E-state index contributed by atoms with van der Waals surface area (Å²) in [6.45, 7) is 13.1. The van der Waals surface area contributed by atoms with Gasteiger partial charge in [0.25, 0.3) is 5.91 Å². The maximum atomic E-state index is 13.3. The third kappa shape index (κ3) is 3.47. The Kier molecular flexibility index (Phi) is 4.71. The maximum absolute atomic E-state index is 13.3. The zero-order valence-electron chi connectivity index (χ0n) is 16.3. The van der Waals surface area contributed by atoms with Crippen molar-refractivity contribution in [3.63, 3.8) is 0 Å². The second-order valence-electron chi connectivity index (χ2n) is 9.11. The summed E-state index contributed by atoms with van der Waals surface area (Å²) in [6.07, 6.45) is 1.88. The molecule has 1 atom stereocenters. The molecule has 1 unspecified atom stereocenters. The Morgan fingerprint density at radius 2 is 1.76 bits per heavy atom. The zero-order valence-corrected chi connectivity index (χ0v) is 16.3. The molecule has 0 aliphatic carbocycles. The number of nitrogens with zero attached hydrogens (tertiary/aromatic N) is 1. The summed E-state index contributed by atoms with van der Waals surface area (Å²) in [5, 5.41) is 3.45. The summed E-state index contributed by atoms with van der Waals surface area (Å²) in [5.74, 6) is 0.0976. The van der Waals surface area contributed by atoms with Gasteiger partial charge >= 0.3 is 0 Å². The third-order valence-corrected chi connectivity index (χ3v) is 5.51. The Balaban J connectivity index is 2.05. The van der Waals surface area contributed by atoms with E-state index < -0.39 is 5.60 Å². The third-order valence-electron chi connectivity index (χ3n) is 5.51. The van der Waals surface area contributed by atoms with E-state index in [0.29, 0.717) is 6.54 Å².